The SMILES string of the molecule is COc1ccc(Cl)cc1N1CC(C(=O)Nc2cc(N3CCCC3=O)ccc2Cl)CC1=O. The number of halogens is 2. The Morgan fingerprint density at radius 3 is 2.61 bits per heavy atom. The molecule has 2 aromatic rings. The molecule has 2 heterocycles. The van der Waals surface area contributed by atoms with E-state index >= 15 is 0 Å². The van der Waals surface area contributed by atoms with Crippen molar-refractivity contribution in [2.24, 2.45) is 5.92 Å². The van der Waals surface area contributed by atoms with Crippen LogP contribution in [-0.4, -0.2) is 37.9 Å². The second kappa shape index (κ2) is 8.77. The first-order chi connectivity index (χ1) is 14.9. The van der Waals surface area contributed by atoms with E-state index in [-0.39, 0.29) is 30.7 Å². The van der Waals surface area contributed by atoms with Gasteiger partial charge in [0.2, 0.25) is 17.7 Å². The van der Waals surface area contributed by atoms with Crippen LogP contribution in [0.15, 0.2) is 36.4 Å². The molecule has 1 unspecified atom stereocenters. The average Bonchev–Trinajstić information content (AvgIpc) is 3.35. The first-order valence-electron chi connectivity index (χ1n) is 9.92. The molecule has 3 amide bonds. The number of hydrogen-bond acceptors (Lipinski definition) is 4. The zero-order chi connectivity index (χ0) is 22.1. The lowest BCUT2D eigenvalue weighted by Crippen LogP contribution is -2.28. The number of carbonyl (C=O) groups is 3. The predicted molar refractivity (Wildman–Crippen MR) is 120 cm³/mol. The van der Waals surface area contributed by atoms with Gasteiger partial charge in [0.1, 0.15) is 5.75 Å². The Hall–Kier alpha value is -2.77. The Morgan fingerprint density at radius 1 is 1.10 bits per heavy atom. The average molecular weight is 462 g/mol. The van der Waals surface area contributed by atoms with E-state index < -0.39 is 5.92 Å². The summed E-state index contributed by atoms with van der Waals surface area (Å²) in [6.07, 6.45) is 1.37. The van der Waals surface area contributed by atoms with Crippen molar-refractivity contribution in [2.75, 3.05) is 35.3 Å². The molecule has 162 valence electrons. The van der Waals surface area contributed by atoms with Gasteiger partial charge in [0.15, 0.2) is 0 Å². The summed E-state index contributed by atoms with van der Waals surface area (Å²) < 4.78 is 5.34. The van der Waals surface area contributed by atoms with Crippen LogP contribution in [0.1, 0.15) is 19.3 Å². The number of methoxy groups -OCH3 is 1. The van der Waals surface area contributed by atoms with Crippen molar-refractivity contribution in [1.82, 2.24) is 0 Å². The van der Waals surface area contributed by atoms with E-state index in [0.29, 0.717) is 45.8 Å². The number of nitrogens with one attached hydrogen (secondary N) is 1. The Kier molecular flexibility index (Phi) is 6.07. The Labute approximate surface area is 189 Å². The van der Waals surface area contributed by atoms with Crippen molar-refractivity contribution in [2.45, 2.75) is 19.3 Å². The van der Waals surface area contributed by atoms with E-state index in [1.165, 1.54) is 12.0 Å². The highest BCUT2D eigenvalue weighted by Gasteiger charge is 2.36. The summed E-state index contributed by atoms with van der Waals surface area (Å²) in [5.74, 6) is -0.520. The number of benzene rings is 2. The highest BCUT2D eigenvalue weighted by atomic mass is 35.5. The largest absolute Gasteiger partial charge is 0.495 e. The zero-order valence-electron chi connectivity index (χ0n) is 16.9. The maximum absolute atomic E-state index is 12.9. The third-order valence-electron chi connectivity index (χ3n) is 5.52. The van der Waals surface area contributed by atoms with E-state index in [1.54, 1.807) is 41.3 Å². The van der Waals surface area contributed by atoms with Crippen molar-refractivity contribution in [1.29, 1.82) is 0 Å². The van der Waals surface area contributed by atoms with Crippen LogP contribution in [0, 0.1) is 5.92 Å². The lowest BCUT2D eigenvalue weighted by Gasteiger charge is -2.20. The number of hydrogen-bond donors (Lipinski definition) is 1. The molecule has 1 N–H and O–H groups in total. The minimum absolute atomic E-state index is 0.0482. The van der Waals surface area contributed by atoms with E-state index in [2.05, 4.69) is 5.32 Å². The van der Waals surface area contributed by atoms with Gasteiger partial charge in [0.05, 0.1) is 29.4 Å². The maximum atomic E-state index is 12.9. The summed E-state index contributed by atoms with van der Waals surface area (Å²) in [4.78, 5) is 40.8. The molecule has 0 aliphatic carbocycles. The molecule has 0 aromatic heterocycles. The first-order valence-corrected chi connectivity index (χ1v) is 10.7. The standard InChI is InChI=1S/C22H21Cl2N3O4/c1-31-19-7-4-14(23)10-18(19)27-12-13(9-21(27)29)22(30)25-17-11-15(5-6-16(17)24)26-8-2-3-20(26)28/h4-7,10-11,13H,2-3,8-9,12H2,1H3,(H,25,30). The van der Waals surface area contributed by atoms with Crippen LogP contribution in [0.5, 0.6) is 5.75 Å². The summed E-state index contributed by atoms with van der Waals surface area (Å²) in [7, 11) is 1.51. The van der Waals surface area contributed by atoms with Crippen molar-refractivity contribution >= 4 is 58.0 Å². The van der Waals surface area contributed by atoms with Crippen molar-refractivity contribution in [3.63, 3.8) is 0 Å². The first kappa shape index (κ1) is 21.5. The Morgan fingerprint density at radius 2 is 1.90 bits per heavy atom. The third-order valence-corrected chi connectivity index (χ3v) is 6.09. The molecular formula is C22H21Cl2N3O4. The fourth-order valence-corrected chi connectivity index (χ4v) is 4.25. The number of anilines is 3. The van der Waals surface area contributed by atoms with Gasteiger partial charge in [-0.2, -0.15) is 0 Å². The summed E-state index contributed by atoms with van der Waals surface area (Å²) in [6, 6.07) is 10.1. The molecule has 0 radical (unpaired) electrons. The lowest BCUT2D eigenvalue weighted by molar-refractivity contribution is -0.122. The smallest absolute Gasteiger partial charge is 0.229 e. The quantitative estimate of drug-likeness (QED) is 0.725. The van der Waals surface area contributed by atoms with Crippen molar-refractivity contribution in [3.8, 4) is 5.75 Å². The number of nitrogens with zero attached hydrogens (tertiary/aromatic N) is 2. The summed E-state index contributed by atoms with van der Waals surface area (Å²) in [5.41, 5.74) is 1.63. The van der Waals surface area contributed by atoms with Gasteiger partial charge >= 0.3 is 0 Å². The minimum Gasteiger partial charge on any atom is -0.495 e. The number of carbonyl (C=O) groups excluding carboxylic acids is 3. The van der Waals surface area contributed by atoms with Gasteiger partial charge in [-0.3, -0.25) is 14.4 Å². The van der Waals surface area contributed by atoms with Crippen LogP contribution in [0.2, 0.25) is 10.0 Å². The molecule has 9 heteroatoms. The van der Waals surface area contributed by atoms with Crippen LogP contribution in [0.25, 0.3) is 0 Å². The summed E-state index contributed by atoms with van der Waals surface area (Å²) in [6.45, 7) is 0.838. The van der Waals surface area contributed by atoms with Crippen LogP contribution in [0.4, 0.5) is 17.1 Å². The summed E-state index contributed by atoms with van der Waals surface area (Å²) >= 11 is 12.4. The van der Waals surface area contributed by atoms with Gasteiger partial charge in [-0.15, -0.1) is 0 Å². The van der Waals surface area contributed by atoms with Gasteiger partial charge in [-0.25, -0.2) is 0 Å². The minimum atomic E-state index is -0.565. The highest BCUT2D eigenvalue weighted by Crippen LogP contribution is 2.36. The monoisotopic (exact) mass is 461 g/mol. The van der Waals surface area contributed by atoms with Gasteiger partial charge < -0.3 is 19.9 Å². The molecule has 7 nitrogen and oxygen atoms in total. The lowest BCUT2D eigenvalue weighted by atomic mass is 10.1. The van der Waals surface area contributed by atoms with E-state index in [9.17, 15) is 14.4 Å². The maximum Gasteiger partial charge on any atom is 0.229 e. The summed E-state index contributed by atoms with van der Waals surface area (Å²) in [5, 5.41) is 3.65. The van der Waals surface area contributed by atoms with E-state index in [1.807, 2.05) is 0 Å². The number of ether oxygens (including phenoxy) is 1. The van der Waals surface area contributed by atoms with Crippen LogP contribution < -0.4 is 19.9 Å². The van der Waals surface area contributed by atoms with Crippen molar-refractivity contribution < 1.29 is 19.1 Å². The molecule has 2 aliphatic rings. The van der Waals surface area contributed by atoms with Gasteiger partial charge in [0.25, 0.3) is 0 Å². The Bertz CT molecular complexity index is 1060. The molecular weight excluding hydrogens is 441 g/mol. The molecule has 31 heavy (non-hydrogen) atoms. The van der Waals surface area contributed by atoms with Crippen LogP contribution >= 0.6 is 23.2 Å². The zero-order valence-corrected chi connectivity index (χ0v) is 18.4. The van der Waals surface area contributed by atoms with Crippen molar-refractivity contribution in [3.05, 3.63) is 46.4 Å². The van der Waals surface area contributed by atoms with Crippen LogP contribution in [-0.2, 0) is 14.4 Å². The van der Waals surface area contributed by atoms with E-state index in [4.69, 9.17) is 27.9 Å². The number of rotatable bonds is 5. The Balaban J connectivity index is 1.51. The number of amides is 3. The molecule has 1 atom stereocenters. The molecule has 4 rings (SSSR count). The second-order valence-corrected chi connectivity index (χ2v) is 8.37. The molecule has 2 fully saturated rings. The fourth-order valence-electron chi connectivity index (χ4n) is 3.92. The molecule has 0 saturated carbocycles. The topological polar surface area (TPSA) is 79.0 Å². The molecule has 0 spiro atoms. The molecule has 2 saturated heterocycles. The fraction of sp³-hybridized carbons (Fsp3) is 0.318. The molecule has 0 bridgehead atoms. The molecule has 2 aromatic carbocycles. The van der Waals surface area contributed by atoms with Crippen LogP contribution in [0.3, 0.4) is 0 Å². The predicted octanol–water partition coefficient (Wildman–Crippen LogP) is 4.12. The van der Waals surface area contributed by atoms with Gasteiger partial charge in [0, 0.05) is 36.6 Å². The van der Waals surface area contributed by atoms with Gasteiger partial charge in [-0.1, -0.05) is 23.2 Å². The van der Waals surface area contributed by atoms with E-state index in [0.717, 1.165) is 6.42 Å². The normalized spacial score (nSPS) is 18.6. The molecule has 2 aliphatic heterocycles. The third kappa shape index (κ3) is 4.34. The van der Waals surface area contributed by atoms with Gasteiger partial charge in [-0.05, 0) is 42.8 Å². The highest BCUT2D eigenvalue weighted by molar-refractivity contribution is 6.34. The second-order valence-electron chi connectivity index (χ2n) is 7.52.